The highest BCUT2D eigenvalue weighted by Crippen LogP contribution is 2.43. The molecule has 1 aliphatic carbocycles. The second-order valence-corrected chi connectivity index (χ2v) is 12.3. The van der Waals surface area contributed by atoms with Gasteiger partial charge < -0.3 is 9.47 Å². The van der Waals surface area contributed by atoms with Gasteiger partial charge in [0, 0.05) is 32.3 Å². The molecule has 0 radical (unpaired) electrons. The van der Waals surface area contributed by atoms with E-state index < -0.39 is 0 Å². The van der Waals surface area contributed by atoms with Crippen molar-refractivity contribution in [1.82, 2.24) is 4.57 Å². The number of benzene rings is 4. The summed E-state index contributed by atoms with van der Waals surface area (Å²) in [5.41, 5.74) is 6.95. The van der Waals surface area contributed by atoms with E-state index in [4.69, 9.17) is 37.7 Å². The number of hydrogen-bond acceptors (Lipinski definition) is 5. The van der Waals surface area contributed by atoms with Crippen LogP contribution < -0.4 is 24.4 Å². The lowest BCUT2D eigenvalue weighted by atomic mass is 9.83. The molecule has 214 valence electrons. The average Bonchev–Trinajstić information content (AvgIpc) is 3.34. The van der Waals surface area contributed by atoms with Crippen LogP contribution in [0.5, 0.6) is 11.5 Å². The number of thiazole rings is 1. The highest BCUT2D eigenvalue weighted by Gasteiger charge is 2.34. The lowest BCUT2D eigenvalue weighted by molar-refractivity contribution is 0.305. The molecular weight excluding hydrogens is 599 g/mol. The fraction of sp³-hybridized carbons (Fsp3) is 0.143. The standard InChI is InChI=1S/C35H26Cl2N2O3S/c1-41-30-13-7-5-11-26(30)33-27-17-15-21-8-2-4-10-25(21)32(27)38-35-39(33)34(40)31(43-35)18-22-9-3-6-12-29(22)42-20-23-14-16-24(36)19-28(23)37/h2-14,16,18-19,33H,15,17,20H2,1H3/b31-18-/t33-/m0/s1. The summed E-state index contributed by atoms with van der Waals surface area (Å²) in [6, 6.07) is 29.0. The molecule has 5 nitrogen and oxygen atoms in total. The predicted molar refractivity (Wildman–Crippen MR) is 173 cm³/mol. The van der Waals surface area contributed by atoms with Gasteiger partial charge in [0.15, 0.2) is 4.80 Å². The first-order valence-corrected chi connectivity index (χ1v) is 15.5. The first-order valence-electron chi connectivity index (χ1n) is 13.9. The quantitative estimate of drug-likeness (QED) is 0.200. The van der Waals surface area contributed by atoms with Gasteiger partial charge in [0.1, 0.15) is 18.1 Å². The van der Waals surface area contributed by atoms with Crippen molar-refractivity contribution in [1.29, 1.82) is 0 Å². The molecular formula is C35H26Cl2N2O3S. The van der Waals surface area contributed by atoms with Crippen molar-refractivity contribution >= 4 is 46.3 Å². The smallest absolute Gasteiger partial charge is 0.271 e. The molecule has 1 aromatic heterocycles. The van der Waals surface area contributed by atoms with E-state index in [2.05, 4.69) is 18.2 Å². The van der Waals surface area contributed by atoms with Crippen molar-refractivity contribution in [2.75, 3.05) is 7.11 Å². The lowest BCUT2D eigenvalue weighted by Crippen LogP contribution is -2.39. The number of allylic oxidation sites excluding steroid dienone is 1. The number of rotatable bonds is 6. The normalized spacial score (nSPS) is 15.8. The van der Waals surface area contributed by atoms with Crippen LogP contribution >= 0.6 is 34.5 Å². The number of fused-ring (bicyclic) bond motifs is 3. The molecule has 0 fully saturated rings. The minimum Gasteiger partial charge on any atom is -0.496 e. The Labute approximate surface area is 262 Å². The van der Waals surface area contributed by atoms with Gasteiger partial charge in [0.2, 0.25) is 0 Å². The van der Waals surface area contributed by atoms with E-state index in [9.17, 15) is 4.79 Å². The van der Waals surface area contributed by atoms with Crippen LogP contribution in [0.4, 0.5) is 0 Å². The number of hydrogen-bond donors (Lipinski definition) is 0. The summed E-state index contributed by atoms with van der Waals surface area (Å²) < 4.78 is 14.4. The summed E-state index contributed by atoms with van der Waals surface area (Å²) in [5.74, 6) is 1.39. The van der Waals surface area contributed by atoms with Crippen molar-refractivity contribution in [3.63, 3.8) is 0 Å². The van der Waals surface area contributed by atoms with Crippen LogP contribution in [0, 0.1) is 0 Å². The summed E-state index contributed by atoms with van der Waals surface area (Å²) in [7, 11) is 1.67. The molecule has 0 spiro atoms. The van der Waals surface area contributed by atoms with Crippen LogP contribution in [0.25, 0.3) is 11.8 Å². The number of para-hydroxylation sites is 2. The predicted octanol–water partition coefficient (Wildman–Crippen LogP) is 7.21. The monoisotopic (exact) mass is 624 g/mol. The Morgan fingerprint density at radius 2 is 1.72 bits per heavy atom. The molecule has 1 aliphatic heterocycles. The van der Waals surface area contributed by atoms with Gasteiger partial charge in [-0.3, -0.25) is 9.36 Å². The molecule has 8 heteroatoms. The number of aromatic nitrogens is 1. The van der Waals surface area contributed by atoms with E-state index in [0.29, 0.717) is 25.1 Å². The minimum absolute atomic E-state index is 0.0967. The topological polar surface area (TPSA) is 52.8 Å². The van der Waals surface area contributed by atoms with Gasteiger partial charge in [0.05, 0.1) is 23.4 Å². The summed E-state index contributed by atoms with van der Waals surface area (Å²) in [4.78, 5) is 20.0. The fourth-order valence-corrected chi connectivity index (χ4v) is 7.31. The molecule has 0 N–H and O–H groups in total. The van der Waals surface area contributed by atoms with E-state index in [1.807, 2.05) is 71.3 Å². The van der Waals surface area contributed by atoms with Gasteiger partial charge in [-0.25, -0.2) is 4.99 Å². The molecule has 0 bridgehead atoms. The number of halogens is 2. The van der Waals surface area contributed by atoms with Crippen LogP contribution in [-0.4, -0.2) is 11.7 Å². The molecule has 4 aromatic carbocycles. The van der Waals surface area contributed by atoms with E-state index in [1.54, 1.807) is 19.2 Å². The first-order chi connectivity index (χ1) is 21.0. The maximum Gasteiger partial charge on any atom is 0.271 e. The third-order valence-corrected chi connectivity index (χ3v) is 9.48. The Morgan fingerprint density at radius 1 is 0.953 bits per heavy atom. The summed E-state index contributed by atoms with van der Waals surface area (Å²) in [5, 5.41) is 1.11. The number of methoxy groups -OCH3 is 1. The van der Waals surface area contributed by atoms with Crippen molar-refractivity contribution in [2.45, 2.75) is 25.5 Å². The van der Waals surface area contributed by atoms with Crippen molar-refractivity contribution in [3.05, 3.63) is 154 Å². The number of aryl methyl sites for hydroxylation is 1. The van der Waals surface area contributed by atoms with Crippen molar-refractivity contribution < 1.29 is 9.47 Å². The van der Waals surface area contributed by atoms with E-state index in [0.717, 1.165) is 52.1 Å². The molecule has 0 unspecified atom stereocenters. The summed E-state index contributed by atoms with van der Waals surface area (Å²) >= 11 is 13.8. The van der Waals surface area contributed by atoms with Crippen LogP contribution in [0.1, 0.15) is 40.3 Å². The Kier molecular flexibility index (Phi) is 7.43. The van der Waals surface area contributed by atoms with Crippen LogP contribution in [0.3, 0.4) is 0 Å². The van der Waals surface area contributed by atoms with E-state index in [1.165, 1.54) is 16.9 Å². The molecule has 7 rings (SSSR count). The first kappa shape index (κ1) is 27.7. The Morgan fingerprint density at radius 3 is 2.56 bits per heavy atom. The molecule has 43 heavy (non-hydrogen) atoms. The molecule has 2 heterocycles. The van der Waals surface area contributed by atoms with Crippen LogP contribution in [0.2, 0.25) is 10.0 Å². The lowest BCUT2D eigenvalue weighted by Gasteiger charge is -2.31. The highest BCUT2D eigenvalue weighted by molar-refractivity contribution is 7.07. The Balaban J connectivity index is 1.36. The zero-order valence-corrected chi connectivity index (χ0v) is 25.5. The molecule has 0 amide bonds. The second-order valence-electron chi connectivity index (χ2n) is 10.4. The number of nitrogens with zero attached hydrogens (tertiary/aromatic N) is 2. The minimum atomic E-state index is -0.323. The van der Waals surface area contributed by atoms with Gasteiger partial charge in [-0.15, -0.1) is 0 Å². The van der Waals surface area contributed by atoms with Crippen LogP contribution in [0.15, 0.2) is 106 Å². The number of ether oxygens (including phenoxy) is 2. The van der Waals surface area contributed by atoms with Gasteiger partial charge in [-0.05, 0) is 54.3 Å². The third kappa shape index (κ3) is 5.10. The van der Waals surface area contributed by atoms with Gasteiger partial charge >= 0.3 is 0 Å². The molecule has 0 saturated heterocycles. The Bertz CT molecular complexity index is 2100. The largest absolute Gasteiger partial charge is 0.496 e. The van der Waals surface area contributed by atoms with Gasteiger partial charge in [0.25, 0.3) is 5.56 Å². The van der Waals surface area contributed by atoms with Crippen molar-refractivity contribution in [2.24, 2.45) is 4.99 Å². The van der Waals surface area contributed by atoms with Crippen molar-refractivity contribution in [3.8, 4) is 11.5 Å². The third-order valence-electron chi connectivity index (χ3n) is 7.91. The average molecular weight is 626 g/mol. The Hall–Kier alpha value is -4.10. The fourth-order valence-electron chi connectivity index (χ4n) is 5.86. The zero-order chi connectivity index (χ0) is 29.5. The summed E-state index contributed by atoms with van der Waals surface area (Å²) in [6.45, 7) is 0.266. The molecule has 5 aromatic rings. The summed E-state index contributed by atoms with van der Waals surface area (Å²) in [6.07, 6.45) is 3.59. The maximum atomic E-state index is 14.2. The van der Waals surface area contributed by atoms with E-state index in [-0.39, 0.29) is 18.2 Å². The van der Waals surface area contributed by atoms with Gasteiger partial charge in [-0.1, -0.05) is 101 Å². The SMILES string of the molecule is COc1ccccc1[C@H]1C2=C(N=c3s/c(=C\c4ccccc4OCc4ccc(Cl)cc4Cl)c(=O)n31)c1ccccc1CC2. The second kappa shape index (κ2) is 11.5. The highest BCUT2D eigenvalue weighted by atomic mass is 35.5. The van der Waals surface area contributed by atoms with Crippen LogP contribution in [-0.2, 0) is 13.0 Å². The molecule has 2 aliphatic rings. The van der Waals surface area contributed by atoms with Gasteiger partial charge in [-0.2, -0.15) is 0 Å². The molecule has 1 atom stereocenters. The zero-order valence-electron chi connectivity index (χ0n) is 23.2. The van der Waals surface area contributed by atoms with E-state index >= 15 is 0 Å². The molecule has 0 saturated carbocycles. The maximum absolute atomic E-state index is 14.2.